The van der Waals surface area contributed by atoms with E-state index in [1.165, 1.54) is 0 Å². The molecular formula is C23H25N3. The van der Waals surface area contributed by atoms with E-state index in [-0.39, 0.29) is 0 Å². The molecule has 3 nitrogen and oxygen atoms in total. The van der Waals surface area contributed by atoms with Crippen molar-refractivity contribution < 1.29 is 0 Å². The van der Waals surface area contributed by atoms with Gasteiger partial charge in [-0.1, -0.05) is 60.7 Å². The third-order valence-corrected chi connectivity index (χ3v) is 6.19. The minimum absolute atomic E-state index is 0.315. The van der Waals surface area contributed by atoms with Gasteiger partial charge >= 0.3 is 0 Å². The van der Waals surface area contributed by atoms with Crippen molar-refractivity contribution in [2.45, 2.75) is 37.6 Å². The van der Waals surface area contributed by atoms with Gasteiger partial charge in [-0.05, 0) is 43.2 Å². The van der Waals surface area contributed by atoms with Crippen LogP contribution in [0.15, 0.2) is 65.7 Å². The van der Waals surface area contributed by atoms with Gasteiger partial charge < -0.3 is 4.90 Å². The monoisotopic (exact) mass is 343 g/mol. The molecule has 2 aromatic carbocycles. The SMILES string of the molecule is CC1=NCCN1[C@H]1CC[C@@H](C(C#N)(c2ccccc2)c2ccccc2)C1. The highest BCUT2D eigenvalue weighted by atomic mass is 15.3. The fraction of sp³-hybridized carbons (Fsp3) is 0.391. The van der Waals surface area contributed by atoms with Crippen LogP contribution < -0.4 is 0 Å². The number of hydrogen-bond donors (Lipinski definition) is 0. The molecule has 26 heavy (non-hydrogen) atoms. The molecule has 4 rings (SSSR count). The summed E-state index contributed by atoms with van der Waals surface area (Å²) in [4.78, 5) is 7.02. The molecule has 1 heterocycles. The molecule has 0 N–H and O–H groups in total. The van der Waals surface area contributed by atoms with Gasteiger partial charge in [0.25, 0.3) is 0 Å². The van der Waals surface area contributed by atoms with Crippen LogP contribution in [0.1, 0.15) is 37.3 Å². The summed E-state index contributed by atoms with van der Waals surface area (Å²) in [5, 5.41) is 10.5. The van der Waals surface area contributed by atoms with Gasteiger partial charge in [-0.3, -0.25) is 4.99 Å². The molecule has 0 amide bonds. The lowest BCUT2D eigenvalue weighted by molar-refractivity contribution is 0.313. The summed E-state index contributed by atoms with van der Waals surface area (Å²) in [6.45, 7) is 4.06. The Hall–Kier alpha value is -2.60. The van der Waals surface area contributed by atoms with E-state index in [2.05, 4.69) is 47.2 Å². The van der Waals surface area contributed by atoms with E-state index in [0.717, 1.165) is 49.3 Å². The zero-order valence-corrected chi connectivity index (χ0v) is 15.3. The highest BCUT2D eigenvalue weighted by Gasteiger charge is 2.47. The summed E-state index contributed by atoms with van der Waals surface area (Å²) in [6.07, 6.45) is 3.26. The van der Waals surface area contributed by atoms with Crippen molar-refractivity contribution in [3.05, 3.63) is 71.8 Å². The Labute approximate surface area is 156 Å². The maximum Gasteiger partial charge on any atom is 0.110 e. The first-order chi connectivity index (χ1) is 12.8. The second kappa shape index (κ2) is 6.96. The number of hydrogen-bond acceptors (Lipinski definition) is 3. The molecule has 1 saturated carbocycles. The number of rotatable bonds is 4. The van der Waals surface area contributed by atoms with Crippen molar-refractivity contribution in [3.63, 3.8) is 0 Å². The van der Waals surface area contributed by atoms with Gasteiger partial charge in [-0.2, -0.15) is 5.26 Å². The van der Waals surface area contributed by atoms with Gasteiger partial charge in [0.05, 0.1) is 18.4 Å². The van der Waals surface area contributed by atoms with Gasteiger partial charge in [0.1, 0.15) is 5.41 Å². The molecule has 3 heteroatoms. The van der Waals surface area contributed by atoms with Crippen LogP contribution in [0.2, 0.25) is 0 Å². The molecule has 0 bridgehead atoms. The standard InChI is InChI=1S/C23H25N3/c1-18-25-14-15-26(18)22-13-12-21(16-22)23(17-24,19-8-4-2-5-9-19)20-10-6-3-7-11-20/h2-11,21-22H,12-16H2,1H3/t21-,22+/m1/s1. The number of nitrogens with zero attached hydrogens (tertiary/aromatic N) is 3. The number of amidine groups is 1. The van der Waals surface area contributed by atoms with Crippen LogP contribution >= 0.6 is 0 Å². The lowest BCUT2D eigenvalue weighted by Crippen LogP contribution is -2.38. The summed E-state index contributed by atoms with van der Waals surface area (Å²) < 4.78 is 0. The summed E-state index contributed by atoms with van der Waals surface area (Å²) in [5.41, 5.74) is 1.65. The lowest BCUT2D eigenvalue weighted by Gasteiger charge is -2.35. The molecule has 132 valence electrons. The Morgan fingerprint density at radius 1 is 1.00 bits per heavy atom. The van der Waals surface area contributed by atoms with E-state index < -0.39 is 5.41 Å². The molecular weight excluding hydrogens is 318 g/mol. The summed E-state index contributed by atoms with van der Waals surface area (Å²) in [7, 11) is 0. The molecule has 1 aliphatic carbocycles. The van der Waals surface area contributed by atoms with Gasteiger partial charge in [0, 0.05) is 12.6 Å². The van der Waals surface area contributed by atoms with Gasteiger partial charge in [-0.25, -0.2) is 0 Å². The van der Waals surface area contributed by atoms with Gasteiger partial charge in [0.15, 0.2) is 0 Å². The Balaban J connectivity index is 1.73. The lowest BCUT2D eigenvalue weighted by atomic mass is 9.66. The van der Waals surface area contributed by atoms with E-state index in [1.807, 2.05) is 36.4 Å². The second-order valence-electron chi connectivity index (χ2n) is 7.44. The molecule has 0 spiro atoms. The minimum Gasteiger partial charge on any atom is -0.356 e. The number of nitriles is 1. The minimum atomic E-state index is -0.581. The van der Waals surface area contributed by atoms with Crippen LogP contribution in [-0.4, -0.2) is 29.9 Å². The van der Waals surface area contributed by atoms with Crippen LogP contribution in [0, 0.1) is 17.2 Å². The third-order valence-electron chi connectivity index (χ3n) is 6.19. The second-order valence-corrected chi connectivity index (χ2v) is 7.44. The Morgan fingerprint density at radius 3 is 2.12 bits per heavy atom. The highest BCUT2D eigenvalue weighted by molar-refractivity contribution is 5.81. The van der Waals surface area contributed by atoms with Crippen molar-refractivity contribution in [3.8, 4) is 6.07 Å². The third kappa shape index (κ3) is 2.70. The van der Waals surface area contributed by atoms with Crippen LogP contribution in [0.5, 0.6) is 0 Å². The fourth-order valence-corrected chi connectivity index (χ4v) is 4.91. The zero-order chi connectivity index (χ0) is 18.0. The largest absolute Gasteiger partial charge is 0.356 e. The molecule has 1 fully saturated rings. The molecule has 2 aromatic rings. The topological polar surface area (TPSA) is 39.4 Å². The first kappa shape index (κ1) is 16.8. The van der Waals surface area contributed by atoms with E-state index in [1.54, 1.807) is 0 Å². The summed E-state index contributed by atoms with van der Waals surface area (Å²) >= 11 is 0. The van der Waals surface area contributed by atoms with Crippen molar-refractivity contribution in [1.29, 1.82) is 5.26 Å². The maximum atomic E-state index is 10.5. The van der Waals surface area contributed by atoms with Crippen molar-refractivity contribution in [2.75, 3.05) is 13.1 Å². The average Bonchev–Trinajstić information content (AvgIpc) is 3.34. The molecule has 0 unspecified atom stereocenters. The molecule has 0 radical (unpaired) electrons. The first-order valence-electron chi connectivity index (χ1n) is 9.55. The smallest absolute Gasteiger partial charge is 0.110 e. The van der Waals surface area contributed by atoms with Crippen LogP contribution in [-0.2, 0) is 5.41 Å². The predicted octanol–water partition coefficient (Wildman–Crippen LogP) is 4.40. The first-order valence-corrected chi connectivity index (χ1v) is 9.55. The fourth-order valence-electron chi connectivity index (χ4n) is 4.91. The van der Waals surface area contributed by atoms with E-state index in [4.69, 9.17) is 0 Å². The van der Waals surface area contributed by atoms with Crippen molar-refractivity contribution in [2.24, 2.45) is 10.9 Å². The molecule has 2 atom stereocenters. The van der Waals surface area contributed by atoms with E-state index in [0.29, 0.717) is 12.0 Å². The van der Waals surface area contributed by atoms with E-state index >= 15 is 0 Å². The Morgan fingerprint density at radius 2 is 1.62 bits per heavy atom. The number of benzene rings is 2. The van der Waals surface area contributed by atoms with Gasteiger partial charge in [-0.15, -0.1) is 0 Å². The van der Waals surface area contributed by atoms with Crippen molar-refractivity contribution in [1.82, 2.24) is 4.90 Å². The number of aliphatic imine (C=N–C) groups is 1. The quantitative estimate of drug-likeness (QED) is 0.825. The highest BCUT2D eigenvalue weighted by Crippen LogP contribution is 2.47. The zero-order valence-electron chi connectivity index (χ0n) is 15.3. The molecule has 2 aliphatic rings. The predicted molar refractivity (Wildman–Crippen MR) is 105 cm³/mol. The average molecular weight is 343 g/mol. The summed E-state index contributed by atoms with van der Waals surface area (Å²) in [6, 6.07) is 24.0. The van der Waals surface area contributed by atoms with Crippen LogP contribution in [0.25, 0.3) is 0 Å². The van der Waals surface area contributed by atoms with Crippen LogP contribution in [0.3, 0.4) is 0 Å². The summed E-state index contributed by atoms with van der Waals surface area (Å²) in [5.74, 6) is 1.48. The Kier molecular flexibility index (Phi) is 4.51. The Bertz CT molecular complexity index is 780. The molecule has 0 aromatic heterocycles. The van der Waals surface area contributed by atoms with Crippen molar-refractivity contribution >= 4 is 5.84 Å². The molecule has 0 saturated heterocycles. The van der Waals surface area contributed by atoms with Gasteiger partial charge in [0.2, 0.25) is 0 Å². The maximum absolute atomic E-state index is 10.5. The van der Waals surface area contributed by atoms with E-state index in [9.17, 15) is 5.26 Å². The van der Waals surface area contributed by atoms with Crippen LogP contribution in [0.4, 0.5) is 0 Å². The molecule has 1 aliphatic heterocycles. The normalized spacial score (nSPS) is 22.9.